The van der Waals surface area contributed by atoms with Gasteiger partial charge in [0.1, 0.15) is 11.4 Å². The van der Waals surface area contributed by atoms with E-state index in [1.54, 1.807) is 30.2 Å². The van der Waals surface area contributed by atoms with Crippen molar-refractivity contribution in [2.24, 2.45) is 0 Å². The highest BCUT2D eigenvalue weighted by molar-refractivity contribution is 6.00. The van der Waals surface area contributed by atoms with Gasteiger partial charge in [-0.25, -0.2) is 0 Å². The number of aromatic amines is 1. The number of carbonyl (C=O) groups is 1. The number of benzene rings is 2. The van der Waals surface area contributed by atoms with E-state index < -0.39 is 0 Å². The van der Waals surface area contributed by atoms with Crippen molar-refractivity contribution in [3.8, 4) is 17.0 Å². The summed E-state index contributed by atoms with van der Waals surface area (Å²) in [6, 6.07) is 16.4. The zero-order valence-electron chi connectivity index (χ0n) is 14.3. The van der Waals surface area contributed by atoms with Gasteiger partial charge >= 0.3 is 0 Å². The lowest BCUT2D eigenvalue weighted by molar-refractivity contribution is 0.0677. The average Bonchev–Trinajstić information content (AvgIpc) is 3.20. The van der Waals surface area contributed by atoms with Crippen LogP contribution in [0.3, 0.4) is 0 Å². The van der Waals surface area contributed by atoms with Crippen molar-refractivity contribution in [3.63, 3.8) is 0 Å². The number of ether oxygens (including phenoxy) is 1. The van der Waals surface area contributed by atoms with Gasteiger partial charge in [-0.15, -0.1) is 0 Å². The number of hydrogen-bond acceptors (Lipinski definition) is 4. The highest BCUT2D eigenvalue weighted by atomic mass is 16.5. The molecule has 6 nitrogen and oxygen atoms in total. The van der Waals surface area contributed by atoms with E-state index in [0.29, 0.717) is 18.8 Å². The first kappa shape index (κ1) is 16.4. The van der Waals surface area contributed by atoms with Crippen molar-refractivity contribution >= 4 is 5.91 Å². The molecule has 2 heterocycles. The molecule has 1 aliphatic rings. The molecule has 1 aromatic heterocycles. The molecule has 0 bridgehead atoms. The fraction of sp³-hybridized carbons (Fsp3) is 0.200. The van der Waals surface area contributed by atoms with Gasteiger partial charge in [0.25, 0.3) is 5.91 Å². The second-order valence-electron chi connectivity index (χ2n) is 6.22. The number of aromatic hydroxyl groups is 1. The number of carbonyl (C=O) groups excluding carboxylic acids is 1. The fourth-order valence-electron chi connectivity index (χ4n) is 3.47. The Bertz CT molecular complexity index is 936. The van der Waals surface area contributed by atoms with Crippen LogP contribution in [0.5, 0.6) is 5.75 Å². The topological polar surface area (TPSA) is 78.5 Å². The first-order chi connectivity index (χ1) is 12.7. The number of nitrogens with one attached hydrogen (secondary N) is 1. The van der Waals surface area contributed by atoms with Crippen molar-refractivity contribution in [2.75, 3.05) is 20.3 Å². The molecule has 1 amide bonds. The van der Waals surface area contributed by atoms with Gasteiger partial charge in [-0.1, -0.05) is 42.5 Å². The van der Waals surface area contributed by atoms with Crippen LogP contribution < -0.4 is 0 Å². The molecule has 0 saturated heterocycles. The lowest BCUT2D eigenvalue weighted by Gasteiger charge is -2.26. The number of phenols is 1. The molecule has 0 fully saturated rings. The van der Waals surface area contributed by atoms with Gasteiger partial charge in [-0.3, -0.25) is 9.89 Å². The van der Waals surface area contributed by atoms with Crippen LogP contribution in [-0.2, 0) is 4.74 Å². The maximum atomic E-state index is 13.0. The Hall–Kier alpha value is -3.12. The van der Waals surface area contributed by atoms with Gasteiger partial charge in [0.15, 0.2) is 0 Å². The van der Waals surface area contributed by atoms with E-state index in [4.69, 9.17) is 4.74 Å². The first-order valence-corrected chi connectivity index (χ1v) is 8.43. The molecule has 26 heavy (non-hydrogen) atoms. The molecule has 132 valence electrons. The molecular weight excluding hydrogens is 330 g/mol. The molecule has 2 aromatic carbocycles. The number of aromatic nitrogens is 2. The van der Waals surface area contributed by atoms with Crippen molar-refractivity contribution in [3.05, 3.63) is 71.4 Å². The second kappa shape index (κ2) is 6.65. The Labute approximate surface area is 151 Å². The van der Waals surface area contributed by atoms with E-state index in [9.17, 15) is 9.90 Å². The maximum Gasteiger partial charge on any atom is 0.273 e. The summed E-state index contributed by atoms with van der Waals surface area (Å²) in [5, 5.41) is 17.3. The summed E-state index contributed by atoms with van der Waals surface area (Å²) in [7, 11) is 1.61. The zero-order chi connectivity index (χ0) is 18.1. The summed E-state index contributed by atoms with van der Waals surface area (Å²) in [5.41, 5.74) is 3.86. The summed E-state index contributed by atoms with van der Waals surface area (Å²) in [6.45, 7) is 0.881. The number of rotatable bonds is 5. The standard InChI is InChI=1S/C20H19N3O3/c1-26-11-10-23-19(14-8-5-9-15(24)12-14)16-17(13-6-3-2-4-7-13)21-22-18(16)20(23)25/h2-9,12,19,24H,10-11H2,1H3,(H,21,22). The molecule has 0 aliphatic carbocycles. The molecule has 1 aliphatic heterocycles. The van der Waals surface area contributed by atoms with Crippen LogP contribution in [0.15, 0.2) is 54.6 Å². The van der Waals surface area contributed by atoms with Gasteiger partial charge in [-0.2, -0.15) is 5.10 Å². The minimum Gasteiger partial charge on any atom is -0.508 e. The molecule has 1 atom stereocenters. The number of H-pyrrole nitrogens is 1. The quantitative estimate of drug-likeness (QED) is 0.742. The number of phenolic OH excluding ortho intramolecular Hbond substituents is 1. The number of hydrogen-bond donors (Lipinski definition) is 2. The maximum absolute atomic E-state index is 13.0. The lowest BCUT2D eigenvalue weighted by Crippen LogP contribution is -2.32. The molecule has 0 saturated carbocycles. The van der Waals surface area contributed by atoms with Gasteiger partial charge in [0, 0.05) is 24.8 Å². The van der Waals surface area contributed by atoms with Crippen LogP contribution in [0, 0.1) is 0 Å². The molecule has 4 rings (SSSR count). The van der Waals surface area contributed by atoms with E-state index in [2.05, 4.69) is 10.2 Å². The van der Waals surface area contributed by atoms with Gasteiger partial charge in [0.05, 0.1) is 18.3 Å². The van der Waals surface area contributed by atoms with E-state index >= 15 is 0 Å². The third-order valence-electron chi connectivity index (χ3n) is 4.63. The van der Waals surface area contributed by atoms with E-state index in [1.807, 2.05) is 36.4 Å². The van der Waals surface area contributed by atoms with Crippen molar-refractivity contribution in [2.45, 2.75) is 6.04 Å². The minimum absolute atomic E-state index is 0.111. The van der Waals surface area contributed by atoms with Crippen LogP contribution in [-0.4, -0.2) is 46.4 Å². The zero-order valence-corrected chi connectivity index (χ0v) is 14.3. The number of amides is 1. The third kappa shape index (κ3) is 2.64. The largest absolute Gasteiger partial charge is 0.508 e. The Morgan fingerprint density at radius 3 is 2.73 bits per heavy atom. The van der Waals surface area contributed by atoms with E-state index in [1.165, 1.54) is 0 Å². The summed E-state index contributed by atoms with van der Waals surface area (Å²) in [5.74, 6) is 0.0555. The fourth-order valence-corrected chi connectivity index (χ4v) is 3.47. The van der Waals surface area contributed by atoms with E-state index in [0.717, 1.165) is 22.4 Å². The Morgan fingerprint density at radius 2 is 2.00 bits per heavy atom. The molecule has 1 unspecified atom stereocenters. The molecule has 3 aromatic rings. The molecular formula is C20H19N3O3. The van der Waals surface area contributed by atoms with Crippen molar-refractivity contribution in [1.82, 2.24) is 15.1 Å². The monoisotopic (exact) mass is 349 g/mol. The molecule has 6 heteroatoms. The summed E-state index contributed by atoms with van der Waals surface area (Å²) >= 11 is 0. The first-order valence-electron chi connectivity index (χ1n) is 8.43. The smallest absolute Gasteiger partial charge is 0.273 e. The van der Waals surface area contributed by atoms with Crippen LogP contribution in [0.1, 0.15) is 27.7 Å². The summed E-state index contributed by atoms with van der Waals surface area (Å²) in [4.78, 5) is 14.7. The SMILES string of the molecule is COCCN1C(=O)c2[nH]nc(-c3ccccc3)c2C1c1cccc(O)c1. The predicted molar refractivity (Wildman–Crippen MR) is 96.9 cm³/mol. The van der Waals surface area contributed by atoms with Gasteiger partial charge < -0.3 is 14.7 Å². The highest BCUT2D eigenvalue weighted by Crippen LogP contribution is 2.43. The van der Waals surface area contributed by atoms with E-state index in [-0.39, 0.29) is 17.7 Å². The van der Waals surface area contributed by atoms with Crippen molar-refractivity contribution in [1.29, 1.82) is 0 Å². The van der Waals surface area contributed by atoms with Crippen LogP contribution >= 0.6 is 0 Å². The highest BCUT2D eigenvalue weighted by Gasteiger charge is 2.41. The number of methoxy groups -OCH3 is 1. The summed E-state index contributed by atoms with van der Waals surface area (Å²) < 4.78 is 5.18. The van der Waals surface area contributed by atoms with Gasteiger partial charge in [0.2, 0.25) is 0 Å². The van der Waals surface area contributed by atoms with Crippen molar-refractivity contribution < 1.29 is 14.6 Å². The molecule has 0 radical (unpaired) electrons. The van der Waals surface area contributed by atoms with Gasteiger partial charge in [-0.05, 0) is 17.7 Å². The predicted octanol–water partition coefficient (Wildman–Crippen LogP) is 2.97. The average molecular weight is 349 g/mol. The molecule has 2 N–H and O–H groups in total. The third-order valence-corrected chi connectivity index (χ3v) is 4.63. The lowest BCUT2D eigenvalue weighted by atomic mass is 9.96. The Kier molecular flexibility index (Phi) is 4.18. The Morgan fingerprint density at radius 1 is 1.19 bits per heavy atom. The Balaban J connectivity index is 1.87. The number of fused-ring (bicyclic) bond motifs is 1. The summed E-state index contributed by atoms with van der Waals surface area (Å²) in [6.07, 6.45) is 0. The second-order valence-corrected chi connectivity index (χ2v) is 6.22. The normalized spacial score (nSPS) is 16.1. The minimum atomic E-state index is -0.325. The van der Waals surface area contributed by atoms with Crippen LogP contribution in [0.4, 0.5) is 0 Å². The van der Waals surface area contributed by atoms with Crippen LogP contribution in [0.25, 0.3) is 11.3 Å². The molecule has 0 spiro atoms. The number of nitrogens with zero attached hydrogens (tertiary/aromatic N) is 2. The van der Waals surface area contributed by atoms with Crippen LogP contribution in [0.2, 0.25) is 0 Å².